The van der Waals surface area contributed by atoms with Crippen molar-refractivity contribution in [3.8, 4) is 11.5 Å². The molecule has 0 atom stereocenters. The molecular formula is C18H20N2O4S. The number of nitrogens with two attached hydrogens (primary N) is 1. The number of primary amides is 1. The van der Waals surface area contributed by atoms with Gasteiger partial charge in [-0.15, -0.1) is 11.3 Å². The Morgan fingerprint density at radius 3 is 2.80 bits per heavy atom. The quantitative estimate of drug-likeness (QED) is 0.669. The van der Waals surface area contributed by atoms with Crippen molar-refractivity contribution in [2.24, 2.45) is 5.73 Å². The zero-order chi connectivity index (χ0) is 18.1. The van der Waals surface area contributed by atoms with E-state index in [-0.39, 0.29) is 12.5 Å². The number of methoxy groups -OCH3 is 1. The monoisotopic (exact) mass is 360 g/mol. The molecule has 0 aliphatic heterocycles. The number of carbonyl (C=O) groups is 2. The van der Waals surface area contributed by atoms with Gasteiger partial charge >= 0.3 is 0 Å². The maximum atomic E-state index is 11.8. The average molecular weight is 360 g/mol. The van der Waals surface area contributed by atoms with Gasteiger partial charge in [0.15, 0.2) is 18.1 Å². The standard InChI is InChI=1S/C18H20N2O4S/c1-23-16-11-13(4-6-15(16)24-12-17(19)21)5-7-18(22)20-9-8-14-3-2-10-25-14/h2-7,10-11H,8-9,12H2,1H3,(H2,19,21)(H,20,22)/b7-5+. The fourth-order valence-corrected chi connectivity index (χ4v) is 2.76. The van der Waals surface area contributed by atoms with Gasteiger partial charge in [0, 0.05) is 17.5 Å². The summed E-state index contributed by atoms with van der Waals surface area (Å²) in [5.74, 6) is 0.148. The third-order valence-corrected chi connectivity index (χ3v) is 4.17. The molecule has 2 aromatic rings. The molecule has 1 aromatic carbocycles. The first kappa shape index (κ1) is 18.5. The van der Waals surface area contributed by atoms with Gasteiger partial charge in [0.1, 0.15) is 0 Å². The van der Waals surface area contributed by atoms with Crippen LogP contribution in [0.15, 0.2) is 41.8 Å². The first-order valence-corrected chi connectivity index (χ1v) is 8.54. The first-order valence-electron chi connectivity index (χ1n) is 7.66. The number of carbonyl (C=O) groups excluding carboxylic acids is 2. The van der Waals surface area contributed by atoms with Crippen LogP contribution >= 0.6 is 11.3 Å². The van der Waals surface area contributed by atoms with Crippen molar-refractivity contribution < 1.29 is 19.1 Å². The smallest absolute Gasteiger partial charge is 0.255 e. The summed E-state index contributed by atoms with van der Waals surface area (Å²) in [6.07, 6.45) is 3.96. The lowest BCUT2D eigenvalue weighted by atomic mass is 10.2. The molecule has 1 aromatic heterocycles. The molecule has 2 amide bonds. The summed E-state index contributed by atoms with van der Waals surface area (Å²) in [7, 11) is 1.50. The number of hydrogen-bond donors (Lipinski definition) is 2. The van der Waals surface area contributed by atoms with Crippen LogP contribution in [0.4, 0.5) is 0 Å². The largest absolute Gasteiger partial charge is 0.493 e. The van der Waals surface area contributed by atoms with Gasteiger partial charge in [-0.05, 0) is 41.6 Å². The van der Waals surface area contributed by atoms with Crippen molar-refractivity contribution >= 4 is 29.2 Å². The summed E-state index contributed by atoms with van der Waals surface area (Å²) in [4.78, 5) is 23.9. The predicted octanol–water partition coefficient (Wildman–Crippen LogP) is 1.99. The van der Waals surface area contributed by atoms with Crippen molar-refractivity contribution in [3.63, 3.8) is 0 Å². The van der Waals surface area contributed by atoms with E-state index in [0.29, 0.717) is 18.0 Å². The van der Waals surface area contributed by atoms with Gasteiger partial charge in [0.25, 0.3) is 5.91 Å². The second kappa shape index (κ2) is 9.48. The van der Waals surface area contributed by atoms with E-state index < -0.39 is 5.91 Å². The van der Waals surface area contributed by atoms with Crippen LogP contribution in [0.2, 0.25) is 0 Å². The SMILES string of the molecule is COc1cc(/C=C/C(=O)NCCc2cccs2)ccc1OCC(N)=O. The van der Waals surface area contributed by atoms with Gasteiger partial charge in [0.05, 0.1) is 7.11 Å². The molecule has 0 aliphatic rings. The molecule has 0 saturated heterocycles. The van der Waals surface area contributed by atoms with Crippen molar-refractivity contribution in [3.05, 3.63) is 52.2 Å². The molecule has 0 aliphatic carbocycles. The Kier molecular flexibility index (Phi) is 7.03. The lowest BCUT2D eigenvalue weighted by molar-refractivity contribution is -0.120. The highest BCUT2D eigenvalue weighted by molar-refractivity contribution is 7.09. The molecule has 1 heterocycles. The number of amides is 2. The summed E-state index contributed by atoms with van der Waals surface area (Å²) >= 11 is 1.67. The zero-order valence-corrected chi connectivity index (χ0v) is 14.7. The van der Waals surface area contributed by atoms with Crippen LogP contribution in [0.25, 0.3) is 6.08 Å². The van der Waals surface area contributed by atoms with Crippen LogP contribution in [-0.2, 0) is 16.0 Å². The summed E-state index contributed by atoms with van der Waals surface area (Å²) in [5, 5.41) is 4.85. The first-order chi connectivity index (χ1) is 12.1. The van der Waals surface area contributed by atoms with Gasteiger partial charge in [-0.2, -0.15) is 0 Å². The van der Waals surface area contributed by atoms with E-state index in [1.54, 1.807) is 35.6 Å². The molecule has 7 heteroatoms. The Morgan fingerprint density at radius 1 is 1.28 bits per heavy atom. The Labute approximate surface area is 150 Å². The Morgan fingerprint density at radius 2 is 2.12 bits per heavy atom. The molecule has 25 heavy (non-hydrogen) atoms. The third kappa shape index (κ3) is 6.31. The van der Waals surface area contributed by atoms with Crippen LogP contribution in [-0.4, -0.2) is 32.1 Å². The van der Waals surface area contributed by atoms with Crippen molar-refractivity contribution in [2.45, 2.75) is 6.42 Å². The molecule has 0 spiro atoms. The predicted molar refractivity (Wildman–Crippen MR) is 97.8 cm³/mol. The Hall–Kier alpha value is -2.80. The number of hydrogen-bond acceptors (Lipinski definition) is 5. The summed E-state index contributed by atoms with van der Waals surface area (Å²) in [6, 6.07) is 9.17. The van der Waals surface area contributed by atoms with Gasteiger partial charge in [-0.3, -0.25) is 9.59 Å². The molecule has 0 bridgehead atoms. The molecule has 3 N–H and O–H groups in total. The van der Waals surface area contributed by atoms with Crippen LogP contribution in [0.1, 0.15) is 10.4 Å². The second-order valence-electron chi connectivity index (χ2n) is 5.12. The summed E-state index contributed by atoms with van der Waals surface area (Å²) in [5.41, 5.74) is 5.83. The molecule has 6 nitrogen and oxygen atoms in total. The van der Waals surface area contributed by atoms with E-state index in [1.807, 2.05) is 17.5 Å². The molecule has 0 radical (unpaired) electrons. The van der Waals surface area contributed by atoms with Gasteiger partial charge in [0.2, 0.25) is 5.91 Å². The molecule has 2 rings (SSSR count). The minimum Gasteiger partial charge on any atom is -0.493 e. The maximum Gasteiger partial charge on any atom is 0.255 e. The van der Waals surface area contributed by atoms with Crippen LogP contribution < -0.4 is 20.5 Å². The number of thiophene rings is 1. The highest BCUT2D eigenvalue weighted by Crippen LogP contribution is 2.28. The highest BCUT2D eigenvalue weighted by atomic mass is 32.1. The minimum atomic E-state index is -0.565. The molecule has 0 unspecified atom stereocenters. The lowest BCUT2D eigenvalue weighted by Gasteiger charge is -2.09. The molecular weight excluding hydrogens is 340 g/mol. The lowest BCUT2D eigenvalue weighted by Crippen LogP contribution is -2.23. The normalized spacial score (nSPS) is 10.6. The molecule has 132 valence electrons. The van der Waals surface area contributed by atoms with E-state index in [2.05, 4.69) is 5.32 Å². The Balaban J connectivity index is 1.88. The van der Waals surface area contributed by atoms with Crippen molar-refractivity contribution in [2.75, 3.05) is 20.3 Å². The minimum absolute atomic E-state index is 0.162. The summed E-state index contributed by atoms with van der Waals surface area (Å²) < 4.78 is 10.5. The van der Waals surface area contributed by atoms with Gasteiger partial charge in [-0.1, -0.05) is 12.1 Å². The van der Waals surface area contributed by atoms with E-state index in [9.17, 15) is 9.59 Å². The molecule has 0 saturated carbocycles. The zero-order valence-electron chi connectivity index (χ0n) is 13.9. The maximum absolute atomic E-state index is 11.8. The summed E-state index contributed by atoms with van der Waals surface area (Å²) in [6.45, 7) is 0.366. The number of benzene rings is 1. The van der Waals surface area contributed by atoms with E-state index in [1.165, 1.54) is 18.1 Å². The fourth-order valence-electron chi connectivity index (χ4n) is 2.05. The molecule has 0 fully saturated rings. The highest BCUT2D eigenvalue weighted by Gasteiger charge is 2.06. The third-order valence-electron chi connectivity index (χ3n) is 3.24. The van der Waals surface area contributed by atoms with E-state index >= 15 is 0 Å². The van der Waals surface area contributed by atoms with E-state index in [4.69, 9.17) is 15.2 Å². The second-order valence-corrected chi connectivity index (χ2v) is 6.15. The fraction of sp³-hybridized carbons (Fsp3) is 0.222. The van der Waals surface area contributed by atoms with Crippen molar-refractivity contribution in [1.29, 1.82) is 0 Å². The van der Waals surface area contributed by atoms with Gasteiger partial charge in [-0.25, -0.2) is 0 Å². The van der Waals surface area contributed by atoms with Crippen LogP contribution in [0, 0.1) is 0 Å². The van der Waals surface area contributed by atoms with Gasteiger partial charge < -0.3 is 20.5 Å². The van der Waals surface area contributed by atoms with Crippen LogP contribution in [0.3, 0.4) is 0 Å². The Bertz CT molecular complexity index is 742. The number of ether oxygens (including phenoxy) is 2. The van der Waals surface area contributed by atoms with Crippen LogP contribution in [0.5, 0.6) is 11.5 Å². The number of rotatable bonds is 9. The average Bonchev–Trinajstić information content (AvgIpc) is 3.11. The van der Waals surface area contributed by atoms with E-state index in [0.717, 1.165) is 12.0 Å². The number of nitrogens with one attached hydrogen (secondary N) is 1. The topological polar surface area (TPSA) is 90.7 Å². The van der Waals surface area contributed by atoms with Crippen molar-refractivity contribution in [1.82, 2.24) is 5.32 Å².